The molecule has 0 atom stereocenters. The van der Waals surface area contributed by atoms with Crippen molar-refractivity contribution in [1.29, 1.82) is 0 Å². The summed E-state index contributed by atoms with van der Waals surface area (Å²) in [7, 11) is 0. The van der Waals surface area contributed by atoms with Crippen LogP contribution in [0.3, 0.4) is 0 Å². The minimum Gasteiger partial charge on any atom is -0.351 e. The summed E-state index contributed by atoms with van der Waals surface area (Å²) < 4.78 is 5.47. The highest BCUT2D eigenvalue weighted by Gasteiger charge is 2.23. The van der Waals surface area contributed by atoms with Gasteiger partial charge in [-0.15, -0.1) is 0 Å². The van der Waals surface area contributed by atoms with Crippen molar-refractivity contribution in [2.24, 2.45) is 0 Å². The number of aromatic nitrogens is 3. The van der Waals surface area contributed by atoms with Crippen LogP contribution in [0.4, 0.5) is 5.82 Å². The molecule has 2 aromatic carbocycles. The van der Waals surface area contributed by atoms with Crippen molar-refractivity contribution in [1.82, 2.24) is 15.1 Å². The summed E-state index contributed by atoms with van der Waals surface area (Å²) in [6.45, 7) is 1.71. The average molecular weight is 363 g/mol. The standard InChI is InChI=1S/C20H15ClN4O/c21-16-7-5-14(6-8-16)18-17-19(22-12-23-20(17)26-24-18)25-10-9-13-3-1-2-4-15(13)11-25/h1-8,12H,9-11H2. The number of rotatable bonds is 2. The molecular formula is C20H15ClN4O. The summed E-state index contributed by atoms with van der Waals surface area (Å²) in [5.41, 5.74) is 4.90. The van der Waals surface area contributed by atoms with E-state index in [0.717, 1.165) is 42.0 Å². The lowest BCUT2D eigenvalue weighted by Gasteiger charge is -2.30. The molecule has 26 heavy (non-hydrogen) atoms. The second-order valence-electron chi connectivity index (χ2n) is 6.36. The van der Waals surface area contributed by atoms with E-state index in [1.54, 1.807) is 0 Å². The third-order valence-corrected chi connectivity index (χ3v) is 5.05. The first-order valence-electron chi connectivity index (χ1n) is 8.47. The quantitative estimate of drug-likeness (QED) is 0.525. The lowest BCUT2D eigenvalue weighted by atomic mass is 9.99. The van der Waals surface area contributed by atoms with Gasteiger partial charge in [-0.1, -0.05) is 53.2 Å². The number of benzene rings is 2. The van der Waals surface area contributed by atoms with Gasteiger partial charge in [-0.25, -0.2) is 4.98 Å². The largest absolute Gasteiger partial charge is 0.351 e. The molecule has 0 N–H and O–H groups in total. The normalized spacial score (nSPS) is 13.8. The Balaban J connectivity index is 1.63. The van der Waals surface area contributed by atoms with Gasteiger partial charge in [0.05, 0.1) is 0 Å². The van der Waals surface area contributed by atoms with Crippen molar-refractivity contribution in [3.8, 4) is 11.3 Å². The summed E-state index contributed by atoms with van der Waals surface area (Å²) in [6.07, 6.45) is 2.53. The van der Waals surface area contributed by atoms with Crippen LogP contribution in [0.15, 0.2) is 59.4 Å². The van der Waals surface area contributed by atoms with Crippen LogP contribution >= 0.6 is 11.6 Å². The van der Waals surface area contributed by atoms with Gasteiger partial charge in [-0.05, 0) is 29.7 Å². The molecule has 5 rings (SSSR count). The molecule has 2 aromatic heterocycles. The molecular weight excluding hydrogens is 348 g/mol. The fraction of sp³-hybridized carbons (Fsp3) is 0.150. The maximum absolute atomic E-state index is 6.02. The van der Waals surface area contributed by atoms with Gasteiger partial charge in [0.1, 0.15) is 23.2 Å². The first-order chi connectivity index (χ1) is 12.8. The Bertz CT molecular complexity index is 1090. The van der Waals surface area contributed by atoms with E-state index < -0.39 is 0 Å². The van der Waals surface area contributed by atoms with Crippen molar-refractivity contribution in [3.63, 3.8) is 0 Å². The summed E-state index contributed by atoms with van der Waals surface area (Å²) >= 11 is 6.02. The minimum atomic E-state index is 0.499. The first kappa shape index (κ1) is 15.3. The van der Waals surface area contributed by atoms with Crippen molar-refractivity contribution < 1.29 is 4.52 Å². The molecule has 128 valence electrons. The molecule has 0 unspecified atom stereocenters. The number of hydrogen-bond acceptors (Lipinski definition) is 5. The van der Waals surface area contributed by atoms with Crippen LogP contribution in [-0.4, -0.2) is 21.7 Å². The van der Waals surface area contributed by atoms with Gasteiger partial charge in [0, 0.05) is 23.7 Å². The van der Waals surface area contributed by atoms with Gasteiger partial charge < -0.3 is 9.42 Å². The highest BCUT2D eigenvalue weighted by molar-refractivity contribution is 6.30. The smallest absolute Gasteiger partial charge is 0.263 e. The van der Waals surface area contributed by atoms with Gasteiger partial charge in [0.15, 0.2) is 0 Å². The SMILES string of the molecule is Clc1ccc(-c2noc3ncnc(N4CCc5ccccc5C4)c23)cc1. The predicted molar refractivity (Wildman–Crippen MR) is 101 cm³/mol. The number of nitrogens with zero attached hydrogens (tertiary/aromatic N) is 4. The van der Waals surface area contributed by atoms with Gasteiger partial charge in [0.2, 0.25) is 0 Å². The Labute approximate surface area is 155 Å². The van der Waals surface area contributed by atoms with Gasteiger partial charge >= 0.3 is 0 Å². The second kappa shape index (κ2) is 6.11. The lowest BCUT2D eigenvalue weighted by molar-refractivity contribution is 0.451. The maximum Gasteiger partial charge on any atom is 0.263 e. The monoisotopic (exact) mass is 362 g/mol. The van der Waals surface area contributed by atoms with Crippen molar-refractivity contribution in [2.45, 2.75) is 13.0 Å². The topological polar surface area (TPSA) is 55.1 Å². The minimum absolute atomic E-state index is 0.499. The Morgan fingerprint density at radius 1 is 0.962 bits per heavy atom. The molecule has 0 radical (unpaired) electrons. The van der Waals surface area contributed by atoms with Crippen LogP contribution in [0.2, 0.25) is 5.02 Å². The van der Waals surface area contributed by atoms with Gasteiger partial charge in [-0.3, -0.25) is 0 Å². The molecule has 0 bridgehead atoms. The number of halogens is 1. The lowest BCUT2D eigenvalue weighted by Crippen LogP contribution is -2.31. The zero-order valence-electron chi connectivity index (χ0n) is 13.9. The Hall–Kier alpha value is -2.92. The summed E-state index contributed by atoms with van der Waals surface area (Å²) in [6, 6.07) is 16.1. The number of fused-ring (bicyclic) bond motifs is 2. The van der Waals surface area contributed by atoms with Crippen LogP contribution in [0, 0.1) is 0 Å². The molecule has 1 aliphatic rings. The summed E-state index contributed by atoms with van der Waals surface area (Å²) in [5, 5.41) is 5.78. The van der Waals surface area contributed by atoms with E-state index in [1.165, 1.54) is 17.5 Å². The molecule has 0 fully saturated rings. The zero-order chi connectivity index (χ0) is 17.5. The van der Waals surface area contributed by atoms with E-state index in [1.807, 2.05) is 24.3 Å². The molecule has 0 saturated carbocycles. The van der Waals surface area contributed by atoms with Gasteiger partial charge in [-0.2, -0.15) is 4.98 Å². The fourth-order valence-corrected chi connectivity index (χ4v) is 3.62. The fourth-order valence-electron chi connectivity index (χ4n) is 3.49. The molecule has 6 heteroatoms. The van der Waals surface area contributed by atoms with E-state index in [0.29, 0.717) is 10.7 Å². The van der Waals surface area contributed by atoms with E-state index in [-0.39, 0.29) is 0 Å². The first-order valence-corrected chi connectivity index (χ1v) is 8.85. The molecule has 5 nitrogen and oxygen atoms in total. The van der Waals surface area contributed by atoms with E-state index >= 15 is 0 Å². The Morgan fingerprint density at radius 3 is 2.62 bits per heavy atom. The van der Waals surface area contributed by atoms with Crippen LogP contribution < -0.4 is 4.90 Å². The molecule has 4 aromatic rings. The van der Waals surface area contributed by atoms with Gasteiger partial charge in [0.25, 0.3) is 5.71 Å². The third-order valence-electron chi connectivity index (χ3n) is 4.80. The second-order valence-corrected chi connectivity index (χ2v) is 6.79. The molecule has 0 saturated heterocycles. The summed E-state index contributed by atoms with van der Waals surface area (Å²) in [4.78, 5) is 11.1. The molecule has 3 heterocycles. The third kappa shape index (κ3) is 2.52. The van der Waals surface area contributed by atoms with E-state index in [9.17, 15) is 0 Å². The highest BCUT2D eigenvalue weighted by atomic mass is 35.5. The maximum atomic E-state index is 6.02. The molecule has 0 spiro atoms. The van der Waals surface area contributed by atoms with Crippen LogP contribution in [-0.2, 0) is 13.0 Å². The predicted octanol–water partition coefficient (Wildman–Crippen LogP) is 4.50. The van der Waals surface area contributed by atoms with Crippen LogP contribution in [0.5, 0.6) is 0 Å². The molecule has 1 aliphatic heterocycles. The van der Waals surface area contributed by atoms with E-state index in [4.69, 9.17) is 16.1 Å². The molecule has 0 amide bonds. The Kier molecular flexibility index (Phi) is 3.60. The van der Waals surface area contributed by atoms with Crippen LogP contribution in [0.1, 0.15) is 11.1 Å². The van der Waals surface area contributed by atoms with E-state index in [2.05, 4.69) is 44.3 Å². The highest BCUT2D eigenvalue weighted by Crippen LogP contribution is 2.35. The zero-order valence-corrected chi connectivity index (χ0v) is 14.6. The molecule has 0 aliphatic carbocycles. The van der Waals surface area contributed by atoms with Crippen molar-refractivity contribution >= 4 is 28.5 Å². The van der Waals surface area contributed by atoms with Crippen molar-refractivity contribution in [3.05, 3.63) is 71.0 Å². The summed E-state index contributed by atoms with van der Waals surface area (Å²) in [5.74, 6) is 0.857. The Morgan fingerprint density at radius 2 is 1.77 bits per heavy atom. The van der Waals surface area contributed by atoms with Crippen molar-refractivity contribution in [2.75, 3.05) is 11.4 Å². The number of hydrogen-bond donors (Lipinski definition) is 0. The van der Waals surface area contributed by atoms with Crippen LogP contribution in [0.25, 0.3) is 22.4 Å². The number of anilines is 1. The average Bonchev–Trinajstić information content (AvgIpc) is 3.12.